The van der Waals surface area contributed by atoms with Gasteiger partial charge in [-0.25, -0.2) is 13.2 Å². The summed E-state index contributed by atoms with van der Waals surface area (Å²) in [4.78, 5) is 1.73. The Morgan fingerprint density at radius 1 is 1.00 bits per heavy atom. The van der Waals surface area contributed by atoms with Crippen molar-refractivity contribution in [2.24, 2.45) is 0 Å². The summed E-state index contributed by atoms with van der Waals surface area (Å²) in [6.45, 7) is 2.08. The standard InChI is InChI=1S/C14H16F6N2.2ClH/c15-10-7-9(8-11(16)13(10)17)12(1-2-14(18,19)20)22-5-3-21-4-6-22;;/h7-8,12,21H,1-6H2;2*1H/t12-;;/m1../s1. The Morgan fingerprint density at radius 2 is 1.50 bits per heavy atom. The molecule has 1 saturated heterocycles. The summed E-state index contributed by atoms with van der Waals surface area (Å²) in [6, 6.07) is 0.761. The van der Waals surface area contributed by atoms with Gasteiger partial charge in [-0.15, -0.1) is 24.8 Å². The lowest BCUT2D eigenvalue weighted by atomic mass is 9.98. The zero-order chi connectivity index (χ0) is 16.3. The molecule has 0 amide bonds. The van der Waals surface area contributed by atoms with E-state index < -0.39 is 36.1 Å². The predicted octanol–water partition coefficient (Wildman–Crippen LogP) is 4.24. The molecule has 1 aliphatic rings. The van der Waals surface area contributed by atoms with E-state index in [0.717, 1.165) is 12.1 Å². The highest BCUT2D eigenvalue weighted by atomic mass is 35.5. The van der Waals surface area contributed by atoms with Crippen LogP contribution in [0.4, 0.5) is 26.3 Å². The second kappa shape index (κ2) is 9.70. The summed E-state index contributed by atoms with van der Waals surface area (Å²) >= 11 is 0. The van der Waals surface area contributed by atoms with E-state index in [1.165, 1.54) is 0 Å². The van der Waals surface area contributed by atoms with Crippen molar-refractivity contribution in [3.05, 3.63) is 35.1 Å². The number of piperazine rings is 1. The molecule has 140 valence electrons. The minimum atomic E-state index is -4.36. The SMILES string of the molecule is Cl.Cl.Fc1cc([C@@H](CCC(F)(F)F)N2CCNCC2)cc(F)c1F. The fraction of sp³-hybridized carbons (Fsp3) is 0.571. The number of nitrogens with one attached hydrogen (secondary N) is 1. The number of benzene rings is 1. The molecule has 0 aromatic heterocycles. The van der Waals surface area contributed by atoms with Gasteiger partial charge in [0, 0.05) is 38.6 Å². The van der Waals surface area contributed by atoms with Gasteiger partial charge in [0.2, 0.25) is 0 Å². The molecular formula is C14H18Cl2F6N2. The van der Waals surface area contributed by atoms with Crippen molar-refractivity contribution in [3.8, 4) is 0 Å². The molecule has 1 N–H and O–H groups in total. The number of alkyl halides is 3. The van der Waals surface area contributed by atoms with Gasteiger partial charge in [0.15, 0.2) is 17.5 Å². The average Bonchev–Trinajstić information content (AvgIpc) is 2.45. The van der Waals surface area contributed by atoms with Gasteiger partial charge in [-0.1, -0.05) is 0 Å². The third kappa shape index (κ3) is 6.31. The second-order valence-corrected chi connectivity index (χ2v) is 5.25. The van der Waals surface area contributed by atoms with Gasteiger partial charge >= 0.3 is 6.18 Å². The molecule has 10 heteroatoms. The molecule has 0 spiro atoms. The molecule has 1 aliphatic heterocycles. The van der Waals surface area contributed by atoms with Crippen LogP contribution in [0.3, 0.4) is 0 Å². The maximum atomic E-state index is 13.4. The summed E-state index contributed by atoms with van der Waals surface area (Å²) in [6.07, 6.45) is -5.75. The molecule has 0 radical (unpaired) electrons. The molecule has 1 aromatic carbocycles. The van der Waals surface area contributed by atoms with Crippen LogP contribution in [0, 0.1) is 17.5 Å². The highest BCUT2D eigenvalue weighted by Gasteiger charge is 2.32. The molecule has 1 atom stereocenters. The Kier molecular flexibility index (Phi) is 9.41. The van der Waals surface area contributed by atoms with Gasteiger partial charge in [-0.05, 0) is 24.1 Å². The molecule has 0 unspecified atom stereocenters. The summed E-state index contributed by atoms with van der Waals surface area (Å²) in [7, 11) is 0. The minimum absolute atomic E-state index is 0. The molecule has 2 nitrogen and oxygen atoms in total. The van der Waals surface area contributed by atoms with E-state index in [4.69, 9.17) is 0 Å². The smallest absolute Gasteiger partial charge is 0.314 e. The third-order valence-corrected chi connectivity index (χ3v) is 3.68. The first-order chi connectivity index (χ1) is 10.3. The van der Waals surface area contributed by atoms with Crippen LogP contribution in [0.5, 0.6) is 0 Å². The lowest BCUT2D eigenvalue weighted by Crippen LogP contribution is -2.45. The van der Waals surface area contributed by atoms with Crippen LogP contribution in [-0.4, -0.2) is 37.3 Å². The molecular weight excluding hydrogens is 381 g/mol. The topological polar surface area (TPSA) is 15.3 Å². The molecule has 24 heavy (non-hydrogen) atoms. The van der Waals surface area contributed by atoms with Crippen LogP contribution in [0.1, 0.15) is 24.4 Å². The highest BCUT2D eigenvalue weighted by molar-refractivity contribution is 5.85. The zero-order valence-corrected chi connectivity index (χ0v) is 14.1. The molecule has 0 aliphatic carbocycles. The maximum Gasteiger partial charge on any atom is 0.389 e. The monoisotopic (exact) mass is 398 g/mol. The van der Waals surface area contributed by atoms with Crippen molar-refractivity contribution >= 4 is 24.8 Å². The molecule has 1 aromatic rings. The van der Waals surface area contributed by atoms with Crippen LogP contribution >= 0.6 is 24.8 Å². The Balaban J connectivity index is 0.00000264. The Hall–Kier alpha value is -0.700. The van der Waals surface area contributed by atoms with E-state index >= 15 is 0 Å². The van der Waals surface area contributed by atoms with Crippen LogP contribution in [0.25, 0.3) is 0 Å². The molecule has 1 heterocycles. The molecule has 0 saturated carbocycles. The number of nitrogens with zero attached hydrogens (tertiary/aromatic N) is 1. The van der Waals surface area contributed by atoms with E-state index in [2.05, 4.69) is 5.32 Å². The lowest BCUT2D eigenvalue weighted by molar-refractivity contribution is -0.138. The van der Waals surface area contributed by atoms with Crippen LogP contribution < -0.4 is 5.32 Å². The van der Waals surface area contributed by atoms with Crippen LogP contribution in [-0.2, 0) is 0 Å². The first-order valence-electron chi connectivity index (χ1n) is 6.94. The second-order valence-electron chi connectivity index (χ2n) is 5.25. The van der Waals surface area contributed by atoms with Gasteiger partial charge in [-0.3, -0.25) is 4.90 Å². The molecule has 1 fully saturated rings. The number of hydrogen-bond donors (Lipinski definition) is 1. The van der Waals surface area contributed by atoms with Crippen LogP contribution in [0.2, 0.25) is 0 Å². The van der Waals surface area contributed by atoms with Gasteiger partial charge in [0.25, 0.3) is 0 Å². The highest BCUT2D eigenvalue weighted by Crippen LogP contribution is 2.32. The fourth-order valence-electron chi connectivity index (χ4n) is 2.62. The predicted molar refractivity (Wildman–Crippen MR) is 83.3 cm³/mol. The number of hydrogen-bond acceptors (Lipinski definition) is 2. The van der Waals surface area contributed by atoms with Crippen molar-refractivity contribution in [2.75, 3.05) is 26.2 Å². The van der Waals surface area contributed by atoms with Crippen molar-refractivity contribution in [1.29, 1.82) is 0 Å². The van der Waals surface area contributed by atoms with Crippen molar-refractivity contribution in [2.45, 2.75) is 25.1 Å². The average molecular weight is 399 g/mol. The summed E-state index contributed by atoms with van der Waals surface area (Å²) in [5.41, 5.74) is 0.0301. The van der Waals surface area contributed by atoms with Crippen LogP contribution in [0.15, 0.2) is 12.1 Å². The van der Waals surface area contributed by atoms with Gasteiger partial charge in [-0.2, -0.15) is 13.2 Å². The fourth-order valence-corrected chi connectivity index (χ4v) is 2.62. The van der Waals surface area contributed by atoms with Crippen molar-refractivity contribution in [1.82, 2.24) is 10.2 Å². The third-order valence-electron chi connectivity index (χ3n) is 3.68. The van der Waals surface area contributed by atoms with E-state index in [-0.39, 0.29) is 36.8 Å². The largest absolute Gasteiger partial charge is 0.389 e. The number of rotatable bonds is 4. The Labute approximate surface area is 148 Å². The Bertz CT molecular complexity index is 497. The lowest BCUT2D eigenvalue weighted by Gasteiger charge is -2.35. The first-order valence-corrected chi connectivity index (χ1v) is 6.94. The van der Waals surface area contributed by atoms with Crippen molar-refractivity contribution in [3.63, 3.8) is 0 Å². The van der Waals surface area contributed by atoms with Gasteiger partial charge in [0.05, 0.1) is 0 Å². The zero-order valence-electron chi connectivity index (χ0n) is 12.5. The van der Waals surface area contributed by atoms with Crippen molar-refractivity contribution < 1.29 is 26.3 Å². The van der Waals surface area contributed by atoms with E-state index in [9.17, 15) is 26.3 Å². The summed E-state index contributed by atoms with van der Waals surface area (Å²) < 4.78 is 77.2. The van der Waals surface area contributed by atoms with Gasteiger partial charge < -0.3 is 5.32 Å². The quantitative estimate of drug-likeness (QED) is 0.602. The normalized spacial score (nSPS) is 16.9. The molecule has 2 rings (SSSR count). The maximum absolute atomic E-state index is 13.4. The summed E-state index contributed by atoms with van der Waals surface area (Å²) in [5.74, 6) is -4.39. The van der Waals surface area contributed by atoms with E-state index in [1.807, 2.05) is 0 Å². The summed E-state index contributed by atoms with van der Waals surface area (Å²) in [5, 5.41) is 3.05. The Morgan fingerprint density at radius 3 is 1.96 bits per heavy atom. The minimum Gasteiger partial charge on any atom is -0.314 e. The van der Waals surface area contributed by atoms with Gasteiger partial charge in [0.1, 0.15) is 0 Å². The number of halogens is 8. The van der Waals surface area contributed by atoms with E-state index in [0.29, 0.717) is 26.2 Å². The van der Waals surface area contributed by atoms with E-state index in [1.54, 1.807) is 4.90 Å². The first kappa shape index (κ1) is 23.3. The molecule has 0 bridgehead atoms.